The summed E-state index contributed by atoms with van der Waals surface area (Å²) in [6, 6.07) is 10.2. The van der Waals surface area contributed by atoms with Crippen molar-refractivity contribution < 1.29 is 28.1 Å². The summed E-state index contributed by atoms with van der Waals surface area (Å²) in [4.78, 5) is 0. The van der Waals surface area contributed by atoms with Crippen molar-refractivity contribution in [2.24, 2.45) is 0 Å². The maximum absolute atomic E-state index is 9.75. The molecule has 0 amide bonds. The van der Waals surface area contributed by atoms with Gasteiger partial charge in [-0.1, -0.05) is 18.2 Å². The summed E-state index contributed by atoms with van der Waals surface area (Å²) in [5.74, 6) is 0. The van der Waals surface area contributed by atoms with Crippen molar-refractivity contribution in [2.45, 2.75) is 0 Å². The zero-order valence-electron chi connectivity index (χ0n) is 6.85. The van der Waals surface area contributed by atoms with Gasteiger partial charge in [-0.05, 0) is 0 Å². The molecule has 0 heterocycles. The van der Waals surface area contributed by atoms with E-state index in [4.69, 9.17) is 0 Å². The van der Waals surface area contributed by atoms with E-state index in [2.05, 4.69) is 22.9 Å². The Balaban J connectivity index is 0.000000252. The van der Waals surface area contributed by atoms with Crippen molar-refractivity contribution in [1.82, 2.24) is 0 Å². The average molecular weight is 214 g/mol. The second kappa shape index (κ2) is 5.86. The highest BCUT2D eigenvalue weighted by atomic mass is 35.5. The topological polar surface area (TPSA) is 0 Å². The Morgan fingerprint density at radius 3 is 1.62 bits per heavy atom. The summed E-state index contributed by atoms with van der Waals surface area (Å²) in [6.07, 6.45) is 2.02. The first-order chi connectivity index (χ1) is 5.93. The summed E-state index contributed by atoms with van der Waals surface area (Å²) in [6.45, 7) is 0. The Bertz CT molecular complexity index is 218. The Hall–Kier alpha value is -0.705. The maximum Gasteiger partial charge on any atom is 0.673 e. The van der Waals surface area contributed by atoms with Crippen molar-refractivity contribution in [2.75, 3.05) is 6.38 Å². The molecule has 1 rings (SSSR count). The molecule has 0 saturated carbocycles. The van der Waals surface area contributed by atoms with E-state index in [0.717, 1.165) is 0 Å². The number of benzene rings is 1. The van der Waals surface area contributed by atoms with Crippen LogP contribution in [0.2, 0.25) is 5.02 Å². The van der Waals surface area contributed by atoms with Crippen LogP contribution in [0.1, 0.15) is 0 Å². The van der Waals surface area contributed by atoms with Crippen LogP contribution < -0.4 is 0 Å². The lowest BCUT2D eigenvalue weighted by atomic mass is 10.3. The van der Waals surface area contributed by atoms with Gasteiger partial charge in [0, 0.05) is 12.1 Å². The molecule has 1 aromatic carbocycles. The van der Waals surface area contributed by atoms with E-state index in [1.54, 1.807) is 0 Å². The summed E-state index contributed by atoms with van der Waals surface area (Å²) in [5, 5.41) is 1.27. The fraction of sp³-hybridized carbons (Fsp3) is 0.143. The third-order valence-corrected chi connectivity index (χ3v) is 1.64. The zero-order valence-corrected chi connectivity index (χ0v) is 7.61. The molecule has 0 spiro atoms. The van der Waals surface area contributed by atoms with Gasteiger partial charge >= 0.3 is 7.25 Å². The molecule has 6 heteroatoms. The molecule has 1 aromatic rings. The maximum atomic E-state index is 9.75. The monoisotopic (exact) mass is 214 g/mol. The minimum atomic E-state index is -6.00. The van der Waals surface area contributed by atoms with E-state index in [1.165, 1.54) is 5.02 Å². The normalized spacial score (nSPS) is 10.2. The fourth-order valence-corrected chi connectivity index (χ4v) is 0.938. The Morgan fingerprint density at radius 1 is 1.00 bits per heavy atom. The van der Waals surface area contributed by atoms with Crippen LogP contribution in [0.15, 0.2) is 30.3 Å². The van der Waals surface area contributed by atoms with Gasteiger partial charge in [-0.3, -0.25) is 0 Å². The van der Waals surface area contributed by atoms with Gasteiger partial charge in [-0.25, -0.2) is 0 Å². The molecule has 0 fully saturated rings. The SMILES string of the molecule is C[Cl+]c1ccccc1.F[B-](F)(F)F. The second-order valence-electron chi connectivity index (χ2n) is 1.98. The number of halogens is 5. The molecule has 0 radical (unpaired) electrons. The molecular formula is C7H8BClF4. The van der Waals surface area contributed by atoms with Crippen LogP contribution >= 0.6 is 0 Å². The van der Waals surface area contributed by atoms with Gasteiger partial charge in [0.05, 0.1) is 0 Å². The van der Waals surface area contributed by atoms with E-state index in [1.807, 2.05) is 24.6 Å². The molecule has 0 atom stereocenters. The molecule has 0 nitrogen and oxygen atoms in total. The number of alkyl halides is 1. The molecule has 74 valence electrons. The summed E-state index contributed by atoms with van der Waals surface area (Å²) >= 11 is 0. The Morgan fingerprint density at radius 2 is 1.38 bits per heavy atom. The third kappa shape index (κ3) is 11.3. The van der Waals surface area contributed by atoms with Crippen LogP contribution in [0, 0.1) is 10.8 Å². The Kier molecular flexibility index (Phi) is 5.54. The molecule has 0 bridgehead atoms. The van der Waals surface area contributed by atoms with Crippen molar-refractivity contribution in [3.05, 3.63) is 35.4 Å². The van der Waals surface area contributed by atoms with Crippen molar-refractivity contribution in [3.8, 4) is 0 Å². The standard InChI is InChI=1S/C7H8Cl.BF4/c1-8-7-5-3-2-4-6-7;2-1(3,4)5/h2-6H,1H3;/q+1;-1. The first-order valence-corrected chi connectivity index (χ1v) is 4.48. The second-order valence-corrected chi connectivity index (χ2v) is 2.79. The fourth-order valence-electron chi connectivity index (χ4n) is 0.541. The van der Waals surface area contributed by atoms with Gasteiger partial charge in [-0.2, -0.15) is 0 Å². The Labute approximate surface area is 77.8 Å². The molecule has 0 aromatic heterocycles. The van der Waals surface area contributed by atoms with Crippen LogP contribution in [0.5, 0.6) is 0 Å². The molecule has 0 unspecified atom stereocenters. The molecular weight excluding hydrogens is 206 g/mol. The summed E-state index contributed by atoms with van der Waals surface area (Å²) in [7, 11) is -3.81. The first kappa shape index (κ1) is 12.3. The van der Waals surface area contributed by atoms with Gasteiger partial charge in [0.15, 0.2) is 17.2 Å². The third-order valence-electron chi connectivity index (χ3n) is 0.951. The van der Waals surface area contributed by atoms with Gasteiger partial charge in [0.2, 0.25) is 5.02 Å². The molecule has 0 saturated heterocycles. The number of rotatable bonds is 1. The lowest BCUT2D eigenvalue weighted by Crippen LogP contribution is -2.02. The molecule has 0 aliphatic heterocycles. The smallest absolute Gasteiger partial charge is 0.418 e. The lowest BCUT2D eigenvalue weighted by Gasteiger charge is -1.94. The van der Waals surface area contributed by atoms with E-state index in [0.29, 0.717) is 0 Å². The molecule has 13 heavy (non-hydrogen) atoms. The van der Waals surface area contributed by atoms with Gasteiger partial charge in [0.1, 0.15) is 0 Å². The quantitative estimate of drug-likeness (QED) is 0.383. The minimum Gasteiger partial charge on any atom is -0.418 e. The molecule has 0 N–H and O–H groups in total. The highest BCUT2D eigenvalue weighted by Gasteiger charge is 2.20. The van der Waals surface area contributed by atoms with Crippen LogP contribution in [-0.2, 0) is 0 Å². The van der Waals surface area contributed by atoms with Gasteiger partial charge < -0.3 is 17.3 Å². The van der Waals surface area contributed by atoms with Crippen LogP contribution in [-0.4, -0.2) is 13.6 Å². The van der Waals surface area contributed by atoms with Crippen molar-refractivity contribution in [1.29, 1.82) is 0 Å². The summed E-state index contributed by atoms with van der Waals surface area (Å²) < 4.78 is 39.0. The minimum absolute atomic E-state index is 1.27. The largest absolute Gasteiger partial charge is 0.673 e. The van der Waals surface area contributed by atoms with Crippen LogP contribution in [0.25, 0.3) is 0 Å². The average Bonchev–Trinajstić information content (AvgIpc) is 2.03. The highest BCUT2D eigenvalue weighted by molar-refractivity contribution is 6.50. The van der Waals surface area contributed by atoms with E-state index in [-0.39, 0.29) is 0 Å². The van der Waals surface area contributed by atoms with Gasteiger partial charge in [-0.15, -0.1) is 0 Å². The predicted molar refractivity (Wildman–Crippen MR) is 41.7 cm³/mol. The van der Waals surface area contributed by atoms with Crippen LogP contribution in [0.4, 0.5) is 17.3 Å². The first-order valence-electron chi connectivity index (χ1n) is 3.35. The predicted octanol–water partition coefficient (Wildman–Crippen LogP) is 3.12. The molecule has 0 aliphatic carbocycles. The highest BCUT2D eigenvalue weighted by Crippen LogP contribution is 2.06. The summed E-state index contributed by atoms with van der Waals surface area (Å²) in [5.41, 5.74) is 0. The lowest BCUT2D eigenvalue weighted by molar-refractivity contribution is -0.566. The number of hydrogen-bond donors (Lipinski definition) is 0. The number of hydrogen-bond acceptors (Lipinski definition) is 0. The van der Waals surface area contributed by atoms with E-state index < -0.39 is 7.25 Å². The van der Waals surface area contributed by atoms with Gasteiger partial charge in [0.25, 0.3) is 0 Å². The van der Waals surface area contributed by atoms with Crippen molar-refractivity contribution in [3.63, 3.8) is 0 Å². The van der Waals surface area contributed by atoms with E-state index >= 15 is 0 Å². The zero-order chi connectivity index (χ0) is 10.3. The molecule has 0 aliphatic rings. The van der Waals surface area contributed by atoms with Crippen LogP contribution in [0.3, 0.4) is 0 Å². The van der Waals surface area contributed by atoms with E-state index in [9.17, 15) is 17.3 Å². The van der Waals surface area contributed by atoms with Crippen molar-refractivity contribution >= 4 is 7.25 Å².